The van der Waals surface area contributed by atoms with Crippen molar-refractivity contribution in [3.63, 3.8) is 0 Å². The Morgan fingerprint density at radius 1 is 1.22 bits per heavy atom. The van der Waals surface area contributed by atoms with Crippen molar-refractivity contribution < 1.29 is 0 Å². The number of hydrazine groups is 1. The maximum Gasteiger partial charge on any atom is 0.148 e. The lowest BCUT2D eigenvalue weighted by Crippen LogP contribution is -2.27. The smallest absolute Gasteiger partial charge is 0.148 e. The topological polar surface area (TPSA) is 67.1 Å². The van der Waals surface area contributed by atoms with Crippen LogP contribution in [0, 0.1) is 0 Å². The second kappa shape index (κ2) is 6.54. The molecule has 5 heteroatoms. The number of hydrogen-bond acceptors (Lipinski definition) is 5. The van der Waals surface area contributed by atoms with Gasteiger partial charge in [-0.15, -0.1) is 0 Å². The summed E-state index contributed by atoms with van der Waals surface area (Å²) in [5, 5.41) is 0. The van der Waals surface area contributed by atoms with Crippen molar-refractivity contribution in [2.45, 2.75) is 45.4 Å². The van der Waals surface area contributed by atoms with Gasteiger partial charge in [0.1, 0.15) is 18.0 Å². The van der Waals surface area contributed by atoms with Gasteiger partial charge in [-0.25, -0.2) is 15.8 Å². The molecule has 100 valence electrons. The fraction of sp³-hybridized carbons (Fsp3) is 0.692. The maximum atomic E-state index is 5.55. The van der Waals surface area contributed by atoms with Gasteiger partial charge in [-0.05, 0) is 19.3 Å². The van der Waals surface area contributed by atoms with Gasteiger partial charge in [0.15, 0.2) is 0 Å². The molecule has 0 atom stereocenters. The molecule has 0 radical (unpaired) electrons. The number of aromatic nitrogens is 2. The highest BCUT2D eigenvalue weighted by Gasteiger charge is 2.17. The van der Waals surface area contributed by atoms with Crippen molar-refractivity contribution in [1.82, 2.24) is 9.97 Å². The Hall–Kier alpha value is -1.36. The first kappa shape index (κ1) is 13.1. The molecule has 0 unspecified atom stereocenters. The molecule has 1 saturated heterocycles. The largest absolute Gasteiger partial charge is 0.356 e. The lowest BCUT2D eigenvalue weighted by Gasteiger charge is -2.24. The second-order valence-corrected chi connectivity index (χ2v) is 4.82. The van der Waals surface area contributed by atoms with Crippen LogP contribution in [0.1, 0.15) is 44.6 Å². The van der Waals surface area contributed by atoms with Crippen molar-refractivity contribution >= 4 is 11.6 Å². The van der Waals surface area contributed by atoms with E-state index in [1.54, 1.807) is 6.33 Å². The minimum atomic E-state index is 0.770. The van der Waals surface area contributed by atoms with Crippen LogP contribution in [0.15, 0.2) is 6.33 Å². The lowest BCUT2D eigenvalue weighted by atomic mass is 10.1. The predicted molar refractivity (Wildman–Crippen MR) is 74.5 cm³/mol. The van der Waals surface area contributed by atoms with Gasteiger partial charge in [-0.3, -0.25) is 0 Å². The van der Waals surface area contributed by atoms with Crippen LogP contribution >= 0.6 is 0 Å². The third kappa shape index (κ3) is 2.90. The molecule has 1 aliphatic rings. The van der Waals surface area contributed by atoms with E-state index in [1.165, 1.54) is 25.7 Å². The summed E-state index contributed by atoms with van der Waals surface area (Å²) in [5.41, 5.74) is 3.85. The molecule has 2 rings (SSSR count). The van der Waals surface area contributed by atoms with E-state index in [0.717, 1.165) is 43.1 Å². The Kier molecular flexibility index (Phi) is 4.75. The number of nitrogens with two attached hydrogens (primary N) is 1. The van der Waals surface area contributed by atoms with Crippen molar-refractivity contribution in [3.05, 3.63) is 11.9 Å². The number of hydrogen-bond donors (Lipinski definition) is 2. The summed E-state index contributed by atoms with van der Waals surface area (Å²) in [4.78, 5) is 11.1. The van der Waals surface area contributed by atoms with Crippen LogP contribution in [-0.2, 0) is 6.42 Å². The van der Waals surface area contributed by atoms with Crippen LogP contribution in [-0.4, -0.2) is 23.1 Å². The summed E-state index contributed by atoms with van der Waals surface area (Å²) in [7, 11) is 0. The van der Waals surface area contributed by atoms with Crippen LogP contribution < -0.4 is 16.2 Å². The molecule has 3 N–H and O–H groups in total. The molecular formula is C13H23N5. The van der Waals surface area contributed by atoms with E-state index in [9.17, 15) is 0 Å². The maximum absolute atomic E-state index is 5.55. The van der Waals surface area contributed by atoms with Gasteiger partial charge in [0.05, 0.1) is 0 Å². The molecule has 1 aliphatic heterocycles. The van der Waals surface area contributed by atoms with E-state index in [1.807, 2.05) is 0 Å². The zero-order valence-corrected chi connectivity index (χ0v) is 11.2. The molecule has 18 heavy (non-hydrogen) atoms. The zero-order valence-electron chi connectivity index (χ0n) is 11.2. The molecule has 5 nitrogen and oxygen atoms in total. The molecule has 1 aromatic rings. The summed E-state index contributed by atoms with van der Waals surface area (Å²) >= 11 is 0. The summed E-state index contributed by atoms with van der Waals surface area (Å²) < 4.78 is 0. The van der Waals surface area contributed by atoms with E-state index < -0.39 is 0 Å². The van der Waals surface area contributed by atoms with Gasteiger partial charge in [0.2, 0.25) is 0 Å². The average Bonchev–Trinajstić information content (AvgIpc) is 2.68. The van der Waals surface area contributed by atoms with Gasteiger partial charge in [-0.2, -0.15) is 0 Å². The van der Waals surface area contributed by atoms with Crippen LogP contribution in [0.25, 0.3) is 0 Å². The number of rotatable bonds is 4. The van der Waals surface area contributed by atoms with Gasteiger partial charge in [0.25, 0.3) is 0 Å². The second-order valence-electron chi connectivity index (χ2n) is 4.82. The first-order chi connectivity index (χ1) is 8.86. The fourth-order valence-corrected chi connectivity index (χ4v) is 2.56. The third-order valence-corrected chi connectivity index (χ3v) is 3.46. The number of nitrogens with one attached hydrogen (secondary N) is 1. The van der Waals surface area contributed by atoms with Crippen LogP contribution in [0.2, 0.25) is 0 Å². The number of anilines is 2. The van der Waals surface area contributed by atoms with E-state index in [2.05, 4.69) is 27.2 Å². The normalized spacial score (nSPS) is 16.4. The Morgan fingerprint density at radius 3 is 2.56 bits per heavy atom. The van der Waals surface area contributed by atoms with E-state index in [0.29, 0.717) is 0 Å². The van der Waals surface area contributed by atoms with Gasteiger partial charge < -0.3 is 10.3 Å². The van der Waals surface area contributed by atoms with Crippen molar-refractivity contribution in [3.8, 4) is 0 Å². The summed E-state index contributed by atoms with van der Waals surface area (Å²) in [6.07, 6.45) is 8.80. The van der Waals surface area contributed by atoms with Crippen molar-refractivity contribution in [2.75, 3.05) is 23.4 Å². The number of nitrogens with zero attached hydrogens (tertiary/aromatic N) is 3. The van der Waals surface area contributed by atoms with Crippen molar-refractivity contribution in [1.29, 1.82) is 0 Å². The van der Waals surface area contributed by atoms with E-state index >= 15 is 0 Å². The highest BCUT2D eigenvalue weighted by atomic mass is 15.3. The quantitative estimate of drug-likeness (QED) is 0.632. The average molecular weight is 249 g/mol. The fourth-order valence-electron chi connectivity index (χ4n) is 2.56. The molecular weight excluding hydrogens is 226 g/mol. The molecule has 0 saturated carbocycles. The molecule has 2 heterocycles. The van der Waals surface area contributed by atoms with Crippen LogP contribution in [0.4, 0.5) is 11.6 Å². The molecule has 0 aliphatic carbocycles. The minimum absolute atomic E-state index is 0.770. The molecule has 0 bridgehead atoms. The van der Waals surface area contributed by atoms with E-state index in [-0.39, 0.29) is 0 Å². The number of nitrogen functional groups attached to an aromatic ring is 1. The Balaban J connectivity index is 2.29. The SMILES string of the molecule is CCCc1c(NN)ncnc1N1CCCCCC1. The monoisotopic (exact) mass is 249 g/mol. The molecule has 1 aromatic heterocycles. The zero-order chi connectivity index (χ0) is 12.8. The Labute approximate surface area is 109 Å². The van der Waals surface area contributed by atoms with Crippen LogP contribution in [0.3, 0.4) is 0 Å². The summed E-state index contributed by atoms with van der Waals surface area (Å²) in [6, 6.07) is 0. The third-order valence-electron chi connectivity index (χ3n) is 3.46. The first-order valence-electron chi connectivity index (χ1n) is 6.92. The summed E-state index contributed by atoms with van der Waals surface area (Å²) in [5.74, 6) is 7.39. The van der Waals surface area contributed by atoms with Gasteiger partial charge in [0, 0.05) is 18.7 Å². The molecule has 1 fully saturated rings. The standard InChI is InChI=1S/C13H23N5/c1-2-7-11-12(17-14)15-10-16-13(11)18-8-5-3-4-6-9-18/h10H,2-9,14H2,1H3,(H,15,16,17). The highest BCUT2D eigenvalue weighted by molar-refractivity contribution is 5.58. The van der Waals surface area contributed by atoms with Crippen LogP contribution in [0.5, 0.6) is 0 Å². The Morgan fingerprint density at radius 2 is 1.94 bits per heavy atom. The highest BCUT2D eigenvalue weighted by Crippen LogP contribution is 2.26. The first-order valence-corrected chi connectivity index (χ1v) is 6.92. The minimum Gasteiger partial charge on any atom is -0.356 e. The molecule has 0 amide bonds. The van der Waals surface area contributed by atoms with Gasteiger partial charge in [-0.1, -0.05) is 26.2 Å². The summed E-state index contributed by atoms with van der Waals surface area (Å²) in [6.45, 7) is 4.36. The van der Waals surface area contributed by atoms with E-state index in [4.69, 9.17) is 5.84 Å². The predicted octanol–water partition coefficient (Wildman–Crippen LogP) is 2.10. The lowest BCUT2D eigenvalue weighted by molar-refractivity contribution is 0.726. The van der Waals surface area contributed by atoms with Gasteiger partial charge >= 0.3 is 0 Å². The molecule has 0 spiro atoms. The molecule has 0 aromatic carbocycles. The Bertz CT molecular complexity index is 372. The van der Waals surface area contributed by atoms with Crippen molar-refractivity contribution in [2.24, 2.45) is 5.84 Å².